The first kappa shape index (κ1) is 17.1. The molecule has 0 aliphatic carbocycles. The third kappa shape index (κ3) is 3.22. The fourth-order valence-electron chi connectivity index (χ4n) is 2.90. The normalized spacial score (nSPS) is 10.9. The third-order valence-corrected chi connectivity index (χ3v) is 4.24. The Morgan fingerprint density at radius 1 is 0.963 bits per heavy atom. The second-order valence-electron chi connectivity index (χ2n) is 6.01. The second-order valence-corrected chi connectivity index (χ2v) is 6.40. The van der Waals surface area contributed by atoms with E-state index in [0.29, 0.717) is 28.4 Å². The van der Waals surface area contributed by atoms with E-state index >= 15 is 0 Å². The molecule has 0 amide bonds. The molecule has 0 unspecified atom stereocenters. The number of hydrogen-bond acceptors (Lipinski definition) is 5. The highest BCUT2D eigenvalue weighted by Crippen LogP contribution is 2.31. The first-order valence-corrected chi connectivity index (χ1v) is 8.53. The Labute approximate surface area is 158 Å². The minimum Gasteiger partial charge on any atom is -0.336 e. The van der Waals surface area contributed by atoms with Crippen molar-refractivity contribution in [1.29, 1.82) is 0 Å². The molecule has 3 aromatic heterocycles. The van der Waals surface area contributed by atoms with Gasteiger partial charge in [-0.3, -0.25) is 9.59 Å². The number of halogens is 1. The number of aldehydes is 1. The number of aryl methyl sites for hydroxylation is 1. The number of nitrogens with one attached hydrogen (secondary N) is 1. The van der Waals surface area contributed by atoms with E-state index < -0.39 is 0 Å². The zero-order chi connectivity index (χ0) is 19.0. The zero-order valence-electron chi connectivity index (χ0n) is 14.2. The smallest absolute Gasteiger partial charge is 0.210 e. The first-order valence-electron chi connectivity index (χ1n) is 8.15. The lowest BCUT2D eigenvalue weighted by molar-refractivity contribution is 0.111. The number of aromatic nitrogens is 4. The van der Waals surface area contributed by atoms with Crippen molar-refractivity contribution in [3.63, 3.8) is 0 Å². The van der Waals surface area contributed by atoms with Gasteiger partial charge in [-0.2, -0.15) is 0 Å². The molecule has 0 aliphatic rings. The summed E-state index contributed by atoms with van der Waals surface area (Å²) in [6.07, 6.45) is 0.574. The van der Waals surface area contributed by atoms with Crippen LogP contribution in [0.3, 0.4) is 0 Å². The van der Waals surface area contributed by atoms with Crippen molar-refractivity contribution in [3.8, 4) is 22.5 Å². The Balaban J connectivity index is 2.10. The van der Waals surface area contributed by atoms with Crippen LogP contribution in [0.15, 0.2) is 53.3 Å². The van der Waals surface area contributed by atoms with E-state index in [9.17, 15) is 9.59 Å². The van der Waals surface area contributed by atoms with Crippen LogP contribution in [0.25, 0.3) is 33.7 Å². The summed E-state index contributed by atoms with van der Waals surface area (Å²) in [5.41, 5.74) is 3.53. The molecule has 7 heteroatoms. The van der Waals surface area contributed by atoms with Gasteiger partial charge in [-0.25, -0.2) is 15.0 Å². The molecule has 27 heavy (non-hydrogen) atoms. The van der Waals surface area contributed by atoms with E-state index in [1.54, 1.807) is 6.07 Å². The van der Waals surface area contributed by atoms with Crippen LogP contribution < -0.4 is 5.43 Å². The Morgan fingerprint density at radius 2 is 1.70 bits per heavy atom. The van der Waals surface area contributed by atoms with Crippen molar-refractivity contribution in [2.75, 3.05) is 0 Å². The van der Waals surface area contributed by atoms with Gasteiger partial charge in [-0.05, 0) is 19.1 Å². The van der Waals surface area contributed by atoms with Crippen LogP contribution in [0.2, 0.25) is 5.15 Å². The number of nitrogens with zero attached hydrogens (tertiary/aromatic N) is 3. The summed E-state index contributed by atoms with van der Waals surface area (Å²) in [7, 11) is 0. The fourth-order valence-corrected chi connectivity index (χ4v) is 3.15. The molecule has 4 aromatic rings. The van der Waals surface area contributed by atoms with Crippen LogP contribution in [-0.4, -0.2) is 26.2 Å². The molecule has 0 spiro atoms. The van der Waals surface area contributed by atoms with Crippen LogP contribution in [0, 0.1) is 6.92 Å². The van der Waals surface area contributed by atoms with Crippen molar-refractivity contribution >= 4 is 29.1 Å². The van der Waals surface area contributed by atoms with Crippen LogP contribution in [0.1, 0.15) is 16.2 Å². The summed E-state index contributed by atoms with van der Waals surface area (Å²) in [4.78, 5) is 39.7. The van der Waals surface area contributed by atoms with Crippen molar-refractivity contribution in [3.05, 3.63) is 75.3 Å². The number of H-pyrrole nitrogens is 1. The number of hydrogen-bond donors (Lipinski definition) is 1. The maximum Gasteiger partial charge on any atom is 0.210 e. The van der Waals surface area contributed by atoms with Gasteiger partial charge in [0.15, 0.2) is 17.5 Å². The first-order chi connectivity index (χ1) is 13.0. The van der Waals surface area contributed by atoms with Gasteiger partial charge in [-0.15, -0.1) is 0 Å². The number of benzene rings is 1. The number of aromatic amines is 1. The van der Waals surface area contributed by atoms with Gasteiger partial charge < -0.3 is 4.98 Å². The zero-order valence-corrected chi connectivity index (χ0v) is 15.0. The lowest BCUT2D eigenvalue weighted by Gasteiger charge is -2.11. The van der Waals surface area contributed by atoms with Crippen LogP contribution >= 0.6 is 11.6 Å². The number of carbonyl (C=O) groups is 1. The van der Waals surface area contributed by atoms with E-state index in [1.807, 2.05) is 43.3 Å². The van der Waals surface area contributed by atoms with E-state index in [4.69, 9.17) is 11.6 Å². The van der Waals surface area contributed by atoms with Gasteiger partial charge in [0.05, 0.1) is 17.1 Å². The molecule has 1 aromatic carbocycles. The van der Waals surface area contributed by atoms with Crippen LogP contribution in [0.5, 0.6) is 0 Å². The highest BCUT2D eigenvalue weighted by Gasteiger charge is 2.16. The summed E-state index contributed by atoms with van der Waals surface area (Å²) in [6.45, 7) is 1.83. The van der Waals surface area contributed by atoms with Gasteiger partial charge in [0, 0.05) is 22.9 Å². The molecule has 132 valence electrons. The molecule has 0 bridgehead atoms. The average Bonchev–Trinajstić information content (AvgIpc) is 2.67. The van der Waals surface area contributed by atoms with Gasteiger partial charge >= 0.3 is 0 Å². The molecular weight excluding hydrogens is 364 g/mol. The quantitative estimate of drug-likeness (QED) is 0.433. The van der Waals surface area contributed by atoms with Crippen molar-refractivity contribution in [2.24, 2.45) is 0 Å². The van der Waals surface area contributed by atoms with E-state index in [-0.39, 0.29) is 22.3 Å². The Hall–Kier alpha value is -3.38. The summed E-state index contributed by atoms with van der Waals surface area (Å²) >= 11 is 6.12. The maximum atomic E-state index is 12.4. The SMILES string of the molecule is Cc1cc(-c2nc3c(=O)cc(C=O)[nH]c3nc2-c2ccccc2)cc(Cl)n1. The molecule has 0 fully saturated rings. The minimum atomic E-state index is -0.379. The lowest BCUT2D eigenvalue weighted by Crippen LogP contribution is -2.09. The Kier molecular flexibility index (Phi) is 4.25. The van der Waals surface area contributed by atoms with E-state index in [0.717, 1.165) is 11.3 Å². The van der Waals surface area contributed by atoms with Gasteiger partial charge in [0.25, 0.3) is 0 Å². The van der Waals surface area contributed by atoms with E-state index in [2.05, 4.69) is 19.9 Å². The van der Waals surface area contributed by atoms with Gasteiger partial charge in [0.2, 0.25) is 5.43 Å². The molecule has 6 nitrogen and oxygen atoms in total. The highest BCUT2D eigenvalue weighted by molar-refractivity contribution is 6.29. The largest absolute Gasteiger partial charge is 0.336 e. The summed E-state index contributed by atoms with van der Waals surface area (Å²) in [6, 6.07) is 14.2. The fraction of sp³-hybridized carbons (Fsp3) is 0.0500. The Bertz CT molecular complexity index is 1220. The van der Waals surface area contributed by atoms with E-state index in [1.165, 1.54) is 6.07 Å². The summed E-state index contributed by atoms with van der Waals surface area (Å²) in [5, 5.41) is 0.330. The van der Waals surface area contributed by atoms with Crippen LogP contribution in [-0.2, 0) is 0 Å². The lowest BCUT2D eigenvalue weighted by atomic mass is 10.0. The standard InChI is InChI=1S/C20H13ClN4O2/c1-11-7-13(8-16(21)22-11)18-17(12-5-3-2-4-6-12)25-20-19(24-18)15(27)9-14(10-26)23-20/h2-10H,1H3,(H,23,25,27). The molecule has 0 atom stereocenters. The maximum absolute atomic E-state index is 12.4. The monoisotopic (exact) mass is 376 g/mol. The predicted molar refractivity (Wildman–Crippen MR) is 104 cm³/mol. The second kappa shape index (κ2) is 6.74. The minimum absolute atomic E-state index is 0.149. The number of pyridine rings is 2. The Morgan fingerprint density at radius 3 is 2.41 bits per heavy atom. The predicted octanol–water partition coefficient (Wildman–Crippen LogP) is 3.82. The molecule has 0 aliphatic heterocycles. The molecule has 0 saturated carbocycles. The average molecular weight is 377 g/mol. The summed E-state index contributed by atoms with van der Waals surface area (Å²) in [5.74, 6) is 0. The molecule has 1 N–H and O–H groups in total. The number of carbonyl (C=O) groups excluding carboxylic acids is 1. The third-order valence-electron chi connectivity index (χ3n) is 4.05. The van der Waals surface area contributed by atoms with Crippen LogP contribution in [0.4, 0.5) is 0 Å². The highest BCUT2D eigenvalue weighted by atomic mass is 35.5. The number of fused-ring (bicyclic) bond motifs is 1. The molecule has 0 radical (unpaired) electrons. The molecule has 3 heterocycles. The summed E-state index contributed by atoms with van der Waals surface area (Å²) < 4.78 is 0. The van der Waals surface area contributed by atoms with Crippen molar-refractivity contribution in [1.82, 2.24) is 19.9 Å². The van der Waals surface area contributed by atoms with Gasteiger partial charge in [-0.1, -0.05) is 41.9 Å². The number of rotatable bonds is 3. The molecule has 0 saturated heterocycles. The van der Waals surface area contributed by atoms with Crippen molar-refractivity contribution < 1.29 is 4.79 Å². The molecule has 4 rings (SSSR count). The topological polar surface area (TPSA) is 88.6 Å². The van der Waals surface area contributed by atoms with Gasteiger partial charge in [0.1, 0.15) is 5.15 Å². The van der Waals surface area contributed by atoms with Crippen molar-refractivity contribution in [2.45, 2.75) is 6.92 Å². The molecular formula is C20H13ClN4O2.